The molecule has 1 aromatic heterocycles. The van der Waals surface area contributed by atoms with Crippen LogP contribution in [0.2, 0.25) is 0 Å². The summed E-state index contributed by atoms with van der Waals surface area (Å²) in [6.07, 6.45) is 6.33. The number of fused-ring (bicyclic) bond motifs is 3. The SMILES string of the molecule is CCCCCc1cc(O)c2c(c1)OC(C)(C)c1cnn(C)c1-2. The van der Waals surface area contributed by atoms with Gasteiger partial charge in [-0.1, -0.05) is 19.8 Å². The van der Waals surface area contributed by atoms with Gasteiger partial charge in [0, 0.05) is 12.6 Å². The average Bonchev–Trinajstić information content (AvgIpc) is 2.81. The second-order valence-corrected chi connectivity index (χ2v) is 6.59. The maximum atomic E-state index is 10.5. The van der Waals surface area contributed by atoms with Gasteiger partial charge in [-0.3, -0.25) is 4.68 Å². The van der Waals surface area contributed by atoms with Crippen molar-refractivity contribution in [2.24, 2.45) is 7.05 Å². The molecular formula is C18H24N2O2. The van der Waals surface area contributed by atoms with Crippen LogP contribution in [0.15, 0.2) is 18.3 Å². The lowest BCUT2D eigenvalue weighted by molar-refractivity contribution is 0.105. The number of hydrogen-bond donors (Lipinski definition) is 1. The highest BCUT2D eigenvalue weighted by atomic mass is 16.5. The number of benzene rings is 1. The molecule has 0 fully saturated rings. The first-order valence-corrected chi connectivity index (χ1v) is 8.01. The quantitative estimate of drug-likeness (QED) is 0.863. The van der Waals surface area contributed by atoms with E-state index in [1.54, 1.807) is 0 Å². The Kier molecular flexibility index (Phi) is 3.63. The molecule has 4 heteroatoms. The predicted octanol–water partition coefficient (Wildman–Crippen LogP) is 4.15. The first kappa shape index (κ1) is 14.9. The van der Waals surface area contributed by atoms with E-state index in [4.69, 9.17) is 4.74 Å². The number of unbranched alkanes of at least 4 members (excludes halogenated alkanes) is 2. The fourth-order valence-corrected chi connectivity index (χ4v) is 3.20. The number of hydrogen-bond acceptors (Lipinski definition) is 3. The maximum absolute atomic E-state index is 10.5. The van der Waals surface area contributed by atoms with Crippen LogP contribution in [0.4, 0.5) is 0 Å². The Morgan fingerprint density at radius 2 is 2.05 bits per heavy atom. The Balaban J connectivity index is 2.07. The number of nitrogens with zero attached hydrogens (tertiary/aromatic N) is 2. The molecule has 1 N–H and O–H groups in total. The summed E-state index contributed by atoms with van der Waals surface area (Å²) in [6.45, 7) is 6.27. The minimum atomic E-state index is -0.439. The normalized spacial score (nSPS) is 15.1. The van der Waals surface area contributed by atoms with E-state index in [-0.39, 0.29) is 5.75 Å². The third-order valence-electron chi connectivity index (χ3n) is 4.40. The van der Waals surface area contributed by atoms with Crippen molar-refractivity contribution in [3.8, 4) is 22.8 Å². The van der Waals surface area contributed by atoms with Gasteiger partial charge in [0.15, 0.2) is 0 Å². The molecule has 0 bridgehead atoms. The molecule has 0 saturated carbocycles. The average molecular weight is 300 g/mol. The van der Waals surface area contributed by atoms with E-state index in [2.05, 4.69) is 18.1 Å². The summed E-state index contributed by atoms with van der Waals surface area (Å²) in [5.41, 5.74) is 3.41. The van der Waals surface area contributed by atoms with E-state index >= 15 is 0 Å². The molecule has 0 amide bonds. The Morgan fingerprint density at radius 1 is 1.27 bits per heavy atom. The van der Waals surface area contributed by atoms with Gasteiger partial charge < -0.3 is 9.84 Å². The number of aromatic nitrogens is 2. The van der Waals surface area contributed by atoms with Crippen LogP contribution in [0.25, 0.3) is 11.3 Å². The highest BCUT2D eigenvalue weighted by molar-refractivity contribution is 5.79. The van der Waals surface area contributed by atoms with Gasteiger partial charge in [-0.15, -0.1) is 0 Å². The number of phenolic OH excluding ortho intramolecular Hbond substituents is 1. The molecule has 0 unspecified atom stereocenters. The van der Waals surface area contributed by atoms with Crippen molar-refractivity contribution in [1.82, 2.24) is 9.78 Å². The number of rotatable bonds is 4. The number of ether oxygens (including phenoxy) is 1. The minimum absolute atomic E-state index is 0.282. The van der Waals surface area contributed by atoms with Crippen LogP contribution < -0.4 is 4.74 Å². The highest BCUT2D eigenvalue weighted by Gasteiger charge is 2.37. The molecule has 22 heavy (non-hydrogen) atoms. The number of aryl methyl sites for hydroxylation is 2. The predicted molar refractivity (Wildman–Crippen MR) is 87.2 cm³/mol. The Hall–Kier alpha value is -1.97. The lowest BCUT2D eigenvalue weighted by atomic mass is 9.90. The van der Waals surface area contributed by atoms with E-state index in [0.29, 0.717) is 0 Å². The summed E-state index contributed by atoms with van der Waals surface area (Å²) < 4.78 is 7.99. The molecule has 0 radical (unpaired) electrons. The van der Waals surface area contributed by atoms with Crippen LogP contribution >= 0.6 is 0 Å². The van der Waals surface area contributed by atoms with Gasteiger partial charge in [-0.25, -0.2) is 0 Å². The fraction of sp³-hybridized carbons (Fsp3) is 0.500. The second-order valence-electron chi connectivity index (χ2n) is 6.59. The van der Waals surface area contributed by atoms with Crippen molar-refractivity contribution in [2.45, 2.75) is 52.1 Å². The minimum Gasteiger partial charge on any atom is -0.507 e. The van der Waals surface area contributed by atoms with Gasteiger partial charge in [0.1, 0.15) is 17.1 Å². The van der Waals surface area contributed by atoms with Crippen LogP contribution in [0.3, 0.4) is 0 Å². The van der Waals surface area contributed by atoms with Crippen LogP contribution in [-0.2, 0) is 19.1 Å². The Labute approximate surface area is 131 Å². The third-order valence-corrected chi connectivity index (χ3v) is 4.40. The molecule has 3 rings (SSSR count). The molecule has 0 saturated heterocycles. The summed E-state index contributed by atoms with van der Waals surface area (Å²) >= 11 is 0. The van der Waals surface area contributed by atoms with Crippen molar-refractivity contribution in [2.75, 3.05) is 0 Å². The first-order chi connectivity index (χ1) is 10.4. The number of phenols is 1. The summed E-state index contributed by atoms with van der Waals surface area (Å²) in [7, 11) is 1.90. The second kappa shape index (κ2) is 5.34. The largest absolute Gasteiger partial charge is 0.507 e. The Morgan fingerprint density at radius 3 is 2.77 bits per heavy atom. The summed E-state index contributed by atoms with van der Waals surface area (Å²) in [5.74, 6) is 1.04. The van der Waals surface area contributed by atoms with Crippen LogP contribution in [-0.4, -0.2) is 14.9 Å². The summed E-state index contributed by atoms with van der Waals surface area (Å²) in [5, 5.41) is 14.9. The molecule has 0 spiro atoms. The molecule has 118 valence electrons. The van der Waals surface area contributed by atoms with Crippen molar-refractivity contribution in [1.29, 1.82) is 0 Å². The highest BCUT2D eigenvalue weighted by Crippen LogP contribution is 2.49. The summed E-state index contributed by atoms with van der Waals surface area (Å²) in [6, 6.07) is 3.94. The lowest BCUT2D eigenvalue weighted by Crippen LogP contribution is -2.29. The van der Waals surface area contributed by atoms with Gasteiger partial charge in [0.05, 0.1) is 17.5 Å². The molecule has 2 heterocycles. The van der Waals surface area contributed by atoms with Crippen LogP contribution in [0.5, 0.6) is 11.5 Å². The maximum Gasteiger partial charge on any atom is 0.134 e. The summed E-state index contributed by atoms with van der Waals surface area (Å²) in [4.78, 5) is 0. The van der Waals surface area contributed by atoms with Gasteiger partial charge in [-0.2, -0.15) is 5.10 Å². The van der Waals surface area contributed by atoms with Gasteiger partial charge in [0.2, 0.25) is 0 Å². The van der Waals surface area contributed by atoms with E-state index < -0.39 is 5.60 Å². The third kappa shape index (κ3) is 2.36. The molecule has 2 aromatic rings. The van der Waals surface area contributed by atoms with Crippen molar-refractivity contribution in [3.63, 3.8) is 0 Å². The van der Waals surface area contributed by atoms with Crippen molar-refractivity contribution >= 4 is 0 Å². The zero-order valence-corrected chi connectivity index (χ0v) is 13.8. The smallest absolute Gasteiger partial charge is 0.134 e. The Bertz CT molecular complexity index is 701. The molecule has 1 aliphatic heterocycles. The van der Waals surface area contributed by atoms with E-state index in [1.165, 1.54) is 12.8 Å². The lowest BCUT2D eigenvalue weighted by Gasteiger charge is -2.33. The zero-order chi connectivity index (χ0) is 15.9. The number of aromatic hydroxyl groups is 1. The van der Waals surface area contributed by atoms with Crippen molar-refractivity contribution < 1.29 is 9.84 Å². The van der Waals surface area contributed by atoms with Crippen LogP contribution in [0.1, 0.15) is 51.2 Å². The molecule has 1 aliphatic rings. The molecule has 0 atom stereocenters. The van der Waals surface area contributed by atoms with Gasteiger partial charge in [-0.05, 0) is 44.4 Å². The molecule has 0 aliphatic carbocycles. The van der Waals surface area contributed by atoms with Gasteiger partial charge >= 0.3 is 0 Å². The van der Waals surface area contributed by atoms with E-state index in [1.807, 2.05) is 37.8 Å². The fourth-order valence-electron chi connectivity index (χ4n) is 3.20. The molecule has 1 aromatic carbocycles. The monoisotopic (exact) mass is 300 g/mol. The van der Waals surface area contributed by atoms with Gasteiger partial charge in [0.25, 0.3) is 0 Å². The standard InChI is InChI=1S/C18H24N2O2/c1-5-6-7-8-12-9-14(21)16-15(10-12)22-18(2,3)13-11-19-20(4)17(13)16/h9-11,21H,5-8H2,1-4H3. The topological polar surface area (TPSA) is 47.3 Å². The molecule has 4 nitrogen and oxygen atoms in total. The van der Waals surface area contributed by atoms with Crippen molar-refractivity contribution in [3.05, 3.63) is 29.5 Å². The van der Waals surface area contributed by atoms with E-state index in [9.17, 15) is 5.11 Å². The first-order valence-electron chi connectivity index (χ1n) is 8.01. The molecular weight excluding hydrogens is 276 g/mol. The van der Waals surface area contributed by atoms with Crippen LogP contribution in [0, 0.1) is 0 Å². The zero-order valence-electron chi connectivity index (χ0n) is 13.8. The van der Waals surface area contributed by atoms with E-state index in [0.717, 1.165) is 41.0 Å².